The summed E-state index contributed by atoms with van der Waals surface area (Å²) in [4.78, 5) is 21.3. The van der Waals surface area contributed by atoms with E-state index in [1.54, 1.807) is 0 Å². The van der Waals surface area contributed by atoms with Gasteiger partial charge in [0.15, 0.2) is 5.82 Å². The lowest BCUT2D eigenvalue weighted by molar-refractivity contribution is -0.134. The largest absolute Gasteiger partial charge is 0.427 e. The van der Waals surface area contributed by atoms with E-state index in [1.807, 2.05) is 30.5 Å². The molecule has 3 rings (SSSR count). The average Bonchev–Trinajstić information content (AvgIpc) is 2.77. The second kappa shape index (κ2) is 11.8. The van der Waals surface area contributed by atoms with Crippen LogP contribution in [0.2, 0.25) is 0 Å². The van der Waals surface area contributed by atoms with Crippen molar-refractivity contribution in [1.82, 2.24) is 9.97 Å². The minimum atomic E-state index is -0.172. The third kappa shape index (κ3) is 6.65. The van der Waals surface area contributed by atoms with Crippen LogP contribution in [0.25, 0.3) is 11.4 Å². The third-order valence-electron chi connectivity index (χ3n) is 6.05. The molecular formula is C26H36N2O2. The number of benzene rings is 1. The van der Waals surface area contributed by atoms with Gasteiger partial charge in [-0.25, -0.2) is 9.97 Å². The molecule has 0 N–H and O–H groups in total. The van der Waals surface area contributed by atoms with Crippen molar-refractivity contribution in [2.75, 3.05) is 0 Å². The van der Waals surface area contributed by atoms with Gasteiger partial charge in [0.05, 0.1) is 0 Å². The predicted molar refractivity (Wildman–Crippen MR) is 122 cm³/mol. The quantitative estimate of drug-likeness (QED) is 0.236. The number of unbranched alkanes of at least 4 members (excludes halogenated alkanes) is 5. The Balaban J connectivity index is 1.54. The number of aromatic nitrogens is 2. The standard InChI is InChI=1S/C26H36N2O2/c1-3-5-7-8-9-10-20-12-17-24-22(18-20)19-27-26(28-24)21-13-15-23(16-14-21)30-25(29)11-6-4-2/h13-16,19-20H,3-12,17-18H2,1-2H3. The van der Waals surface area contributed by atoms with Gasteiger partial charge in [0.1, 0.15) is 5.75 Å². The van der Waals surface area contributed by atoms with Crippen LogP contribution in [0.3, 0.4) is 0 Å². The van der Waals surface area contributed by atoms with Gasteiger partial charge in [0, 0.05) is 23.9 Å². The normalized spacial score (nSPS) is 15.6. The maximum Gasteiger partial charge on any atom is 0.311 e. The average molecular weight is 409 g/mol. The van der Waals surface area contributed by atoms with Gasteiger partial charge in [-0.05, 0) is 61.4 Å². The van der Waals surface area contributed by atoms with E-state index in [4.69, 9.17) is 9.72 Å². The highest BCUT2D eigenvalue weighted by molar-refractivity contribution is 5.72. The number of carbonyl (C=O) groups excluding carboxylic acids is 1. The van der Waals surface area contributed by atoms with Crippen molar-refractivity contribution in [3.05, 3.63) is 41.7 Å². The molecule has 0 radical (unpaired) electrons. The molecule has 0 saturated carbocycles. The molecule has 4 nitrogen and oxygen atoms in total. The Morgan fingerprint density at radius 3 is 2.57 bits per heavy atom. The zero-order chi connectivity index (χ0) is 21.2. The topological polar surface area (TPSA) is 52.1 Å². The van der Waals surface area contributed by atoms with Crippen LogP contribution in [-0.2, 0) is 17.6 Å². The molecule has 1 aromatic carbocycles. The second-order valence-corrected chi connectivity index (χ2v) is 8.58. The van der Waals surface area contributed by atoms with Crippen molar-refractivity contribution < 1.29 is 9.53 Å². The molecule has 0 bridgehead atoms. The van der Waals surface area contributed by atoms with Crippen LogP contribution < -0.4 is 4.74 Å². The lowest BCUT2D eigenvalue weighted by Crippen LogP contribution is -2.16. The first kappa shape index (κ1) is 22.5. The summed E-state index contributed by atoms with van der Waals surface area (Å²) in [5.74, 6) is 1.96. The van der Waals surface area contributed by atoms with Crippen LogP contribution in [-0.4, -0.2) is 15.9 Å². The lowest BCUT2D eigenvalue weighted by Gasteiger charge is -2.24. The van der Waals surface area contributed by atoms with Gasteiger partial charge in [-0.2, -0.15) is 0 Å². The first-order valence-electron chi connectivity index (χ1n) is 11.9. The van der Waals surface area contributed by atoms with Crippen molar-refractivity contribution in [1.29, 1.82) is 0 Å². The molecule has 1 heterocycles. The molecule has 1 atom stereocenters. The first-order chi connectivity index (χ1) is 14.7. The number of fused-ring (bicyclic) bond motifs is 1. The van der Waals surface area contributed by atoms with E-state index in [2.05, 4.69) is 18.8 Å². The van der Waals surface area contributed by atoms with Gasteiger partial charge < -0.3 is 4.74 Å². The summed E-state index contributed by atoms with van der Waals surface area (Å²) in [5, 5.41) is 0. The molecule has 2 aromatic rings. The van der Waals surface area contributed by atoms with Gasteiger partial charge in [0.25, 0.3) is 0 Å². The molecule has 30 heavy (non-hydrogen) atoms. The molecule has 0 spiro atoms. The molecule has 1 aromatic heterocycles. The summed E-state index contributed by atoms with van der Waals surface area (Å²) in [6.07, 6.45) is 15.9. The Bertz CT molecular complexity index is 801. The molecular weight excluding hydrogens is 372 g/mol. The molecule has 0 fully saturated rings. The number of hydrogen-bond acceptors (Lipinski definition) is 4. The summed E-state index contributed by atoms with van der Waals surface area (Å²) in [6.45, 7) is 4.33. The smallest absolute Gasteiger partial charge is 0.311 e. The SMILES string of the molecule is CCCCCCCC1CCc2nc(-c3ccc(OC(=O)CCCC)cc3)ncc2C1. The molecule has 1 unspecified atom stereocenters. The van der Waals surface area contributed by atoms with E-state index in [9.17, 15) is 4.79 Å². The van der Waals surface area contributed by atoms with E-state index in [-0.39, 0.29) is 5.97 Å². The first-order valence-corrected chi connectivity index (χ1v) is 11.9. The molecule has 162 valence electrons. The van der Waals surface area contributed by atoms with Crippen LogP contribution in [0.1, 0.15) is 89.3 Å². The molecule has 1 aliphatic rings. The fourth-order valence-electron chi connectivity index (χ4n) is 4.18. The lowest BCUT2D eigenvalue weighted by atomic mass is 9.84. The monoisotopic (exact) mass is 408 g/mol. The Kier molecular flexibility index (Phi) is 8.85. The highest BCUT2D eigenvalue weighted by Crippen LogP contribution is 2.29. The molecule has 4 heteroatoms. The summed E-state index contributed by atoms with van der Waals surface area (Å²) in [5.41, 5.74) is 3.49. The van der Waals surface area contributed by atoms with Gasteiger partial charge in [-0.15, -0.1) is 0 Å². The molecule has 0 amide bonds. The Morgan fingerprint density at radius 2 is 1.80 bits per heavy atom. The highest BCUT2D eigenvalue weighted by atomic mass is 16.5. The van der Waals surface area contributed by atoms with Crippen LogP contribution in [0.5, 0.6) is 5.75 Å². The van der Waals surface area contributed by atoms with E-state index in [0.717, 1.165) is 43.0 Å². The number of carbonyl (C=O) groups is 1. The van der Waals surface area contributed by atoms with E-state index in [1.165, 1.54) is 56.2 Å². The van der Waals surface area contributed by atoms with E-state index in [0.29, 0.717) is 12.2 Å². The third-order valence-corrected chi connectivity index (χ3v) is 6.05. The molecule has 0 saturated heterocycles. The minimum Gasteiger partial charge on any atom is -0.427 e. The molecule has 1 aliphatic carbocycles. The Morgan fingerprint density at radius 1 is 1.03 bits per heavy atom. The zero-order valence-electron chi connectivity index (χ0n) is 18.7. The Labute approximate surface area is 181 Å². The maximum absolute atomic E-state index is 11.8. The van der Waals surface area contributed by atoms with Crippen molar-refractivity contribution >= 4 is 5.97 Å². The van der Waals surface area contributed by atoms with Gasteiger partial charge in [-0.1, -0.05) is 58.8 Å². The molecule has 0 aliphatic heterocycles. The summed E-state index contributed by atoms with van der Waals surface area (Å²) >= 11 is 0. The van der Waals surface area contributed by atoms with E-state index < -0.39 is 0 Å². The zero-order valence-corrected chi connectivity index (χ0v) is 18.7. The highest BCUT2D eigenvalue weighted by Gasteiger charge is 2.20. The Hall–Kier alpha value is -2.23. The van der Waals surface area contributed by atoms with Crippen LogP contribution >= 0.6 is 0 Å². The van der Waals surface area contributed by atoms with E-state index >= 15 is 0 Å². The van der Waals surface area contributed by atoms with Crippen molar-refractivity contribution in [2.24, 2.45) is 5.92 Å². The second-order valence-electron chi connectivity index (χ2n) is 8.58. The van der Waals surface area contributed by atoms with Gasteiger partial charge in [0.2, 0.25) is 0 Å². The van der Waals surface area contributed by atoms with Gasteiger partial charge in [-0.3, -0.25) is 4.79 Å². The summed E-state index contributed by atoms with van der Waals surface area (Å²) in [7, 11) is 0. The number of nitrogens with zero attached hydrogens (tertiary/aromatic N) is 2. The summed E-state index contributed by atoms with van der Waals surface area (Å²) < 4.78 is 5.38. The number of ether oxygens (including phenoxy) is 1. The summed E-state index contributed by atoms with van der Waals surface area (Å²) in [6, 6.07) is 7.53. The predicted octanol–water partition coefficient (Wildman–Crippen LogP) is 6.70. The van der Waals surface area contributed by atoms with Crippen molar-refractivity contribution in [2.45, 2.75) is 90.9 Å². The van der Waals surface area contributed by atoms with Gasteiger partial charge >= 0.3 is 5.97 Å². The van der Waals surface area contributed by atoms with Crippen molar-refractivity contribution in [3.63, 3.8) is 0 Å². The number of aryl methyl sites for hydroxylation is 1. The number of esters is 1. The van der Waals surface area contributed by atoms with Crippen LogP contribution in [0.4, 0.5) is 0 Å². The fraction of sp³-hybridized carbons (Fsp3) is 0.577. The minimum absolute atomic E-state index is 0.172. The number of hydrogen-bond donors (Lipinski definition) is 0. The van der Waals surface area contributed by atoms with Crippen LogP contribution in [0.15, 0.2) is 30.5 Å². The number of rotatable bonds is 11. The van der Waals surface area contributed by atoms with Crippen LogP contribution in [0, 0.1) is 5.92 Å². The fourth-order valence-corrected chi connectivity index (χ4v) is 4.18. The van der Waals surface area contributed by atoms with Crippen molar-refractivity contribution in [3.8, 4) is 17.1 Å². The maximum atomic E-state index is 11.8.